The van der Waals surface area contributed by atoms with Gasteiger partial charge in [0, 0.05) is 31.0 Å². The maximum Gasteiger partial charge on any atom is 0.262 e. The zero-order valence-electron chi connectivity index (χ0n) is 15.7. The summed E-state index contributed by atoms with van der Waals surface area (Å²) in [5.74, 6) is -1.56. The van der Waals surface area contributed by atoms with Crippen molar-refractivity contribution < 1.29 is 18.4 Å². The Morgan fingerprint density at radius 2 is 1.75 bits per heavy atom. The average Bonchev–Trinajstić information content (AvgIpc) is 3.13. The Kier molecular flexibility index (Phi) is 5.82. The predicted molar refractivity (Wildman–Crippen MR) is 101 cm³/mol. The lowest BCUT2D eigenvalue weighted by Crippen LogP contribution is -2.39. The number of benzene rings is 2. The van der Waals surface area contributed by atoms with Gasteiger partial charge in [0.25, 0.3) is 5.91 Å². The van der Waals surface area contributed by atoms with Crippen LogP contribution < -0.4 is 0 Å². The zero-order valence-corrected chi connectivity index (χ0v) is 15.7. The van der Waals surface area contributed by atoms with Crippen LogP contribution >= 0.6 is 0 Å². The van der Waals surface area contributed by atoms with E-state index in [1.807, 2.05) is 0 Å². The van der Waals surface area contributed by atoms with E-state index in [4.69, 9.17) is 0 Å². The van der Waals surface area contributed by atoms with Crippen LogP contribution in [0.15, 0.2) is 53.6 Å². The van der Waals surface area contributed by atoms with Crippen LogP contribution in [0.25, 0.3) is 0 Å². The van der Waals surface area contributed by atoms with Crippen molar-refractivity contribution >= 4 is 17.5 Å². The van der Waals surface area contributed by atoms with E-state index in [0.29, 0.717) is 11.3 Å². The maximum absolute atomic E-state index is 14.4. The molecule has 2 aromatic rings. The fourth-order valence-corrected chi connectivity index (χ4v) is 3.22. The van der Waals surface area contributed by atoms with Crippen LogP contribution in [-0.2, 0) is 9.59 Å². The van der Waals surface area contributed by atoms with Gasteiger partial charge in [0.1, 0.15) is 18.2 Å². The van der Waals surface area contributed by atoms with E-state index in [2.05, 4.69) is 5.10 Å². The molecule has 0 saturated carbocycles. The fourth-order valence-electron chi connectivity index (χ4n) is 3.22. The topological polar surface area (TPSA) is 53.0 Å². The van der Waals surface area contributed by atoms with Crippen LogP contribution in [0.3, 0.4) is 0 Å². The normalized spacial score (nSPS) is 16.1. The molecule has 2 aromatic carbocycles. The molecule has 1 aliphatic rings. The van der Waals surface area contributed by atoms with E-state index in [1.165, 1.54) is 29.1 Å². The van der Waals surface area contributed by atoms with Crippen molar-refractivity contribution in [2.24, 2.45) is 5.10 Å². The van der Waals surface area contributed by atoms with Crippen LogP contribution in [0.1, 0.15) is 36.9 Å². The van der Waals surface area contributed by atoms with Crippen molar-refractivity contribution in [1.29, 1.82) is 0 Å². The highest BCUT2D eigenvalue weighted by Gasteiger charge is 2.35. The van der Waals surface area contributed by atoms with Crippen LogP contribution in [-0.4, -0.2) is 41.0 Å². The van der Waals surface area contributed by atoms with Crippen LogP contribution in [0.4, 0.5) is 8.78 Å². The molecule has 0 spiro atoms. The van der Waals surface area contributed by atoms with Gasteiger partial charge in [-0.05, 0) is 12.1 Å². The molecule has 3 rings (SSSR count). The highest BCUT2D eigenvalue weighted by atomic mass is 19.1. The number of likely N-dealkylation sites (N-methyl/N-ethyl adjacent to an activating group) is 1. The molecule has 1 heterocycles. The molecule has 0 unspecified atom stereocenters. The number of hydrogen-bond acceptors (Lipinski definition) is 3. The lowest BCUT2D eigenvalue weighted by molar-refractivity contribution is -0.140. The molecule has 1 aliphatic heterocycles. The SMILES string of the molecule is CCC(=O)N(C)CC(=O)N1N=C(c2ccccc2F)C[C@@H]1c1ccccc1F. The number of carbonyl (C=O) groups excluding carboxylic acids is 2. The average molecular weight is 385 g/mol. The number of halogens is 2. The number of amides is 2. The minimum Gasteiger partial charge on any atom is -0.336 e. The van der Waals surface area contributed by atoms with Gasteiger partial charge in [-0.3, -0.25) is 9.59 Å². The summed E-state index contributed by atoms with van der Waals surface area (Å²) in [4.78, 5) is 26.0. The summed E-state index contributed by atoms with van der Waals surface area (Å²) in [5.41, 5.74) is 0.941. The molecule has 146 valence electrons. The molecule has 0 fully saturated rings. The second-order valence-corrected chi connectivity index (χ2v) is 6.61. The van der Waals surface area contributed by atoms with E-state index in [9.17, 15) is 18.4 Å². The van der Waals surface area contributed by atoms with Gasteiger partial charge in [0.15, 0.2) is 0 Å². The van der Waals surface area contributed by atoms with Crippen LogP contribution in [0, 0.1) is 11.6 Å². The molecule has 1 atom stereocenters. The lowest BCUT2D eigenvalue weighted by atomic mass is 9.97. The molecule has 0 radical (unpaired) electrons. The molecule has 5 nitrogen and oxygen atoms in total. The van der Waals surface area contributed by atoms with Gasteiger partial charge < -0.3 is 4.90 Å². The summed E-state index contributed by atoms with van der Waals surface area (Å²) in [7, 11) is 1.53. The molecule has 7 heteroatoms. The fraction of sp³-hybridized carbons (Fsp3) is 0.286. The lowest BCUT2D eigenvalue weighted by Gasteiger charge is -2.25. The quantitative estimate of drug-likeness (QED) is 0.791. The highest BCUT2D eigenvalue weighted by Crippen LogP contribution is 2.34. The first-order valence-corrected chi connectivity index (χ1v) is 9.05. The van der Waals surface area contributed by atoms with Crippen molar-refractivity contribution in [3.05, 3.63) is 71.3 Å². The largest absolute Gasteiger partial charge is 0.336 e. The Hall–Kier alpha value is -3.09. The third-order valence-corrected chi connectivity index (χ3v) is 4.72. The first kappa shape index (κ1) is 19.7. The number of nitrogens with zero attached hydrogens (tertiary/aromatic N) is 3. The van der Waals surface area contributed by atoms with Gasteiger partial charge in [-0.15, -0.1) is 0 Å². The number of rotatable bonds is 5. The highest BCUT2D eigenvalue weighted by molar-refractivity contribution is 6.03. The first-order valence-electron chi connectivity index (χ1n) is 9.05. The van der Waals surface area contributed by atoms with Crippen molar-refractivity contribution in [3.63, 3.8) is 0 Å². The third kappa shape index (κ3) is 3.93. The van der Waals surface area contributed by atoms with E-state index in [1.54, 1.807) is 43.3 Å². The Morgan fingerprint density at radius 1 is 1.11 bits per heavy atom. The number of carbonyl (C=O) groups is 2. The maximum atomic E-state index is 14.4. The van der Waals surface area contributed by atoms with Gasteiger partial charge in [-0.25, -0.2) is 13.8 Å². The van der Waals surface area contributed by atoms with E-state index in [-0.39, 0.29) is 30.9 Å². The second kappa shape index (κ2) is 8.29. The van der Waals surface area contributed by atoms with Crippen LogP contribution in [0.2, 0.25) is 0 Å². The minimum atomic E-state index is -0.701. The molecule has 2 amide bonds. The molecule has 0 saturated heterocycles. The standard InChI is InChI=1S/C21H21F2N3O2/c1-3-20(27)25(2)13-21(28)26-19(15-9-5-7-11-17(15)23)12-18(24-26)14-8-4-6-10-16(14)22/h4-11,19H,3,12-13H2,1-2H3/t19-/m1/s1. The number of hydrogen-bond donors (Lipinski definition) is 0. The summed E-state index contributed by atoms with van der Waals surface area (Å²) in [6.07, 6.45) is 0.448. The summed E-state index contributed by atoms with van der Waals surface area (Å²) >= 11 is 0. The first-order chi connectivity index (χ1) is 13.4. The molecular weight excluding hydrogens is 364 g/mol. The minimum absolute atomic E-state index is 0.180. The van der Waals surface area contributed by atoms with Gasteiger partial charge in [0.2, 0.25) is 5.91 Å². The van der Waals surface area contributed by atoms with Gasteiger partial charge in [0.05, 0.1) is 11.8 Å². The monoisotopic (exact) mass is 385 g/mol. The summed E-state index contributed by atoms with van der Waals surface area (Å²) in [5, 5.41) is 5.48. The molecule has 0 aliphatic carbocycles. The van der Waals surface area contributed by atoms with Crippen LogP contribution in [0.5, 0.6) is 0 Å². The molecule has 0 bridgehead atoms. The van der Waals surface area contributed by atoms with Gasteiger partial charge >= 0.3 is 0 Å². The van der Waals surface area contributed by atoms with Gasteiger partial charge in [-0.2, -0.15) is 5.10 Å². The molecule has 28 heavy (non-hydrogen) atoms. The number of hydrazone groups is 1. The predicted octanol–water partition coefficient (Wildman–Crippen LogP) is 3.51. The molecular formula is C21H21F2N3O2. The Balaban J connectivity index is 1.95. The Morgan fingerprint density at radius 3 is 2.39 bits per heavy atom. The Labute approximate surface area is 162 Å². The molecule has 0 N–H and O–H groups in total. The smallest absolute Gasteiger partial charge is 0.262 e. The summed E-state index contributed by atoms with van der Waals surface area (Å²) in [6.45, 7) is 1.52. The van der Waals surface area contributed by atoms with E-state index >= 15 is 0 Å². The van der Waals surface area contributed by atoms with E-state index < -0.39 is 23.6 Å². The zero-order chi connectivity index (χ0) is 20.3. The second-order valence-electron chi connectivity index (χ2n) is 6.61. The van der Waals surface area contributed by atoms with Crippen molar-refractivity contribution in [1.82, 2.24) is 9.91 Å². The Bertz CT molecular complexity index is 929. The van der Waals surface area contributed by atoms with Gasteiger partial charge in [-0.1, -0.05) is 43.3 Å². The van der Waals surface area contributed by atoms with Crippen molar-refractivity contribution in [2.45, 2.75) is 25.8 Å². The summed E-state index contributed by atoms with van der Waals surface area (Å²) in [6, 6.07) is 11.6. The summed E-state index contributed by atoms with van der Waals surface area (Å²) < 4.78 is 28.6. The van der Waals surface area contributed by atoms with Crippen molar-refractivity contribution in [3.8, 4) is 0 Å². The van der Waals surface area contributed by atoms with Crippen molar-refractivity contribution in [2.75, 3.05) is 13.6 Å². The third-order valence-electron chi connectivity index (χ3n) is 4.72. The van der Waals surface area contributed by atoms with E-state index in [0.717, 1.165) is 0 Å². The molecule has 0 aromatic heterocycles.